The zero-order chi connectivity index (χ0) is 30.3. The molecule has 0 unspecified atom stereocenters. The summed E-state index contributed by atoms with van der Waals surface area (Å²) in [5.74, 6) is -2.75. The van der Waals surface area contributed by atoms with Gasteiger partial charge in [0.15, 0.2) is 0 Å². The topological polar surface area (TPSA) is 121 Å². The summed E-state index contributed by atoms with van der Waals surface area (Å²) < 4.78 is 52.3. The van der Waals surface area contributed by atoms with Gasteiger partial charge in [-0.2, -0.15) is 5.26 Å². The molecule has 8 nitrogen and oxygen atoms in total. The average molecular weight is 585 g/mol. The van der Waals surface area contributed by atoms with E-state index in [0.717, 1.165) is 18.2 Å². The van der Waals surface area contributed by atoms with Crippen molar-refractivity contribution < 1.29 is 32.9 Å². The fraction of sp³-hybridized carbons (Fsp3) is 0.188. The van der Waals surface area contributed by atoms with Crippen molar-refractivity contribution in [3.63, 3.8) is 0 Å². The second kappa shape index (κ2) is 10.9. The molecule has 3 aromatic carbocycles. The lowest BCUT2D eigenvalue weighted by Crippen LogP contribution is -2.19. The Kier molecular flexibility index (Phi) is 7.07. The lowest BCUT2D eigenvalue weighted by atomic mass is 10.0. The first-order valence-electron chi connectivity index (χ1n) is 13.3. The third-order valence-corrected chi connectivity index (χ3v) is 7.40. The third kappa shape index (κ3) is 5.78. The number of carbonyl (C=O) groups is 1. The van der Waals surface area contributed by atoms with Crippen LogP contribution in [-0.2, 0) is 19.6 Å². The lowest BCUT2D eigenvalue weighted by Gasteiger charge is -2.14. The number of rotatable bonds is 9. The molecule has 0 radical (unpaired) electrons. The number of nitrogens with zero attached hydrogens (tertiary/aromatic N) is 4. The van der Waals surface area contributed by atoms with Crippen LogP contribution in [0.1, 0.15) is 45.7 Å². The van der Waals surface area contributed by atoms with Crippen LogP contribution in [0.3, 0.4) is 0 Å². The van der Waals surface area contributed by atoms with E-state index in [-0.39, 0.29) is 59.0 Å². The van der Waals surface area contributed by atoms with Crippen molar-refractivity contribution in [2.45, 2.75) is 38.0 Å². The zero-order valence-electron chi connectivity index (χ0n) is 22.5. The summed E-state index contributed by atoms with van der Waals surface area (Å²) in [5, 5.41) is 28.9. The molecule has 5 aromatic rings. The Hall–Kier alpha value is -5.21. The van der Waals surface area contributed by atoms with E-state index >= 15 is 8.78 Å². The fourth-order valence-electron chi connectivity index (χ4n) is 4.83. The van der Waals surface area contributed by atoms with Crippen LogP contribution >= 0.6 is 0 Å². The number of nitriles is 1. The second-order valence-electron chi connectivity index (χ2n) is 10.5. The van der Waals surface area contributed by atoms with E-state index in [9.17, 15) is 19.4 Å². The predicted octanol–water partition coefficient (Wildman–Crippen LogP) is 5.78. The summed E-state index contributed by atoms with van der Waals surface area (Å²) in [6.45, 7) is -0.0406. The molecular weight excluding hydrogens is 561 g/mol. The molecule has 11 heteroatoms. The van der Waals surface area contributed by atoms with Gasteiger partial charge in [0.05, 0.1) is 46.1 Å². The first-order valence-corrected chi connectivity index (χ1v) is 13.3. The van der Waals surface area contributed by atoms with Crippen molar-refractivity contribution in [3.05, 3.63) is 112 Å². The van der Waals surface area contributed by atoms with E-state index in [2.05, 4.69) is 9.97 Å². The standard InChI is InChI=1S/C32H23F3N4O4/c33-23-10-18(15-36)4-5-20(23)16-43-30-3-1-2-26(38-30)22-14-24(34)21(11-25(22)35)13-29-37-27-7-6-19(31(40)41)12-28(27)39(29)17-32(42)8-9-32/h1-7,10-12,14,42H,8-9,13,16-17H2,(H,40,41). The first-order chi connectivity index (χ1) is 20.6. The summed E-state index contributed by atoms with van der Waals surface area (Å²) in [5.41, 5.74) is 0.429. The minimum Gasteiger partial charge on any atom is -0.478 e. The minimum absolute atomic E-state index is 0.0164. The second-order valence-corrected chi connectivity index (χ2v) is 10.5. The van der Waals surface area contributed by atoms with Crippen LogP contribution in [-0.4, -0.2) is 36.3 Å². The van der Waals surface area contributed by atoms with Gasteiger partial charge in [-0.25, -0.2) is 27.9 Å². The molecule has 2 aromatic heterocycles. The summed E-state index contributed by atoms with van der Waals surface area (Å²) in [6.07, 6.45) is 1.03. The number of aliphatic hydroxyl groups is 1. The highest BCUT2D eigenvalue weighted by Crippen LogP contribution is 2.38. The average Bonchev–Trinajstić information content (AvgIpc) is 3.63. The number of hydrogen-bond acceptors (Lipinski definition) is 6. The highest BCUT2D eigenvalue weighted by molar-refractivity contribution is 5.92. The van der Waals surface area contributed by atoms with Gasteiger partial charge >= 0.3 is 5.97 Å². The van der Waals surface area contributed by atoms with Crippen molar-refractivity contribution in [1.82, 2.24) is 14.5 Å². The fourth-order valence-corrected chi connectivity index (χ4v) is 4.83. The van der Waals surface area contributed by atoms with Gasteiger partial charge in [0, 0.05) is 23.6 Å². The monoisotopic (exact) mass is 584 g/mol. The number of aromatic nitrogens is 3. The number of imidazole rings is 1. The van der Waals surface area contributed by atoms with Gasteiger partial charge in [0.2, 0.25) is 5.88 Å². The third-order valence-electron chi connectivity index (χ3n) is 7.40. The number of benzene rings is 3. The first kappa shape index (κ1) is 27.9. The number of fused-ring (bicyclic) bond motifs is 1. The number of hydrogen-bond donors (Lipinski definition) is 2. The molecule has 0 bridgehead atoms. The summed E-state index contributed by atoms with van der Waals surface area (Å²) >= 11 is 0. The highest BCUT2D eigenvalue weighted by atomic mass is 19.1. The number of ether oxygens (including phenoxy) is 1. The molecule has 0 amide bonds. The maximum atomic E-state index is 15.4. The Morgan fingerprint density at radius 3 is 2.49 bits per heavy atom. The van der Waals surface area contributed by atoms with E-state index < -0.39 is 29.0 Å². The molecule has 216 valence electrons. The molecular formula is C32H23F3N4O4. The largest absolute Gasteiger partial charge is 0.478 e. The van der Waals surface area contributed by atoms with Gasteiger partial charge in [0.1, 0.15) is 29.9 Å². The van der Waals surface area contributed by atoms with Gasteiger partial charge < -0.3 is 19.5 Å². The number of pyridine rings is 1. The Morgan fingerprint density at radius 1 is 0.977 bits per heavy atom. The van der Waals surface area contributed by atoms with Crippen LogP contribution in [0.15, 0.2) is 66.7 Å². The van der Waals surface area contributed by atoms with E-state index in [1.807, 2.05) is 6.07 Å². The molecule has 0 atom stereocenters. The maximum absolute atomic E-state index is 15.4. The van der Waals surface area contributed by atoms with Crippen molar-refractivity contribution in [2.75, 3.05) is 0 Å². The normalized spacial score (nSPS) is 13.6. The molecule has 2 N–H and O–H groups in total. The summed E-state index contributed by atoms with van der Waals surface area (Å²) in [6, 6.07) is 16.9. The summed E-state index contributed by atoms with van der Waals surface area (Å²) in [7, 11) is 0. The molecule has 1 saturated carbocycles. The van der Waals surface area contributed by atoms with Crippen LogP contribution < -0.4 is 4.74 Å². The number of aromatic carboxylic acids is 1. The predicted molar refractivity (Wildman–Crippen MR) is 149 cm³/mol. The van der Waals surface area contributed by atoms with Crippen molar-refractivity contribution >= 4 is 17.0 Å². The Labute approximate surface area is 243 Å². The molecule has 0 saturated heterocycles. The Bertz CT molecular complexity index is 1950. The van der Waals surface area contributed by atoms with Gasteiger partial charge in [-0.1, -0.05) is 12.1 Å². The van der Waals surface area contributed by atoms with Crippen molar-refractivity contribution in [3.8, 4) is 23.2 Å². The molecule has 6 rings (SSSR count). The van der Waals surface area contributed by atoms with Gasteiger partial charge in [0.25, 0.3) is 0 Å². The quantitative estimate of drug-likeness (QED) is 0.225. The van der Waals surface area contributed by atoms with E-state index in [1.54, 1.807) is 16.7 Å². The SMILES string of the molecule is N#Cc1ccc(COc2cccc(-c3cc(F)c(Cc4nc5ccc(C(=O)O)cc5n4CC4(O)CC4)cc3F)n2)c(F)c1. The van der Waals surface area contributed by atoms with Crippen LogP contribution in [0.25, 0.3) is 22.3 Å². The maximum Gasteiger partial charge on any atom is 0.335 e. The van der Waals surface area contributed by atoms with Gasteiger partial charge in [-0.3, -0.25) is 0 Å². The molecule has 1 aliphatic rings. The molecule has 0 spiro atoms. The summed E-state index contributed by atoms with van der Waals surface area (Å²) in [4.78, 5) is 20.3. The van der Waals surface area contributed by atoms with Gasteiger partial charge in [-0.05, 0) is 66.9 Å². The van der Waals surface area contributed by atoms with Crippen LogP contribution in [0.5, 0.6) is 5.88 Å². The number of halogens is 3. The minimum atomic E-state index is -1.12. The molecule has 0 aliphatic heterocycles. The Morgan fingerprint density at radius 2 is 1.77 bits per heavy atom. The van der Waals surface area contributed by atoms with Crippen LogP contribution in [0.2, 0.25) is 0 Å². The molecule has 1 fully saturated rings. The van der Waals surface area contributed by atoms with E-state index in [0.29, 0.717) is 29.7 Å². The van der Waals surface area contributed by atoms with Crippen LogP contribution in [0, 0.1) is 28.8 Å². The molecule has 1 aliphatic carbocycles. The van der Waals surface area contributed by atoms with Gasteiger partial charge in [-0.15, -0.1) is 0 Å². The molecule has 43 heavy (non-hydrogen) atoms. The smallest absolute Gasteiger partial charge is 0.335 e. The Balaban J connectivity index is 1.27. The molecule has 2 heterocycles. The number of carboxylic acid groups (broad SMARTS) is 1. The van der Waals surface area contributed by atoms with Crippen molar-refractivity contribution in [2.24, 2.45) is 0 Å². The van der Waals surface area contributed by atoms with E-state index in [1.165, 1.54) is 36.4 Å². The van der Waals surface area contributed by atoms with Crippen molar-refractivity contribution in [1.29, 1.82) is 5.26 Å². The van der Waals surface area contributed by atoms with E-state index in [4.69, 9.17) is 10.00 Å². The lowest BCUT2D eigenvalue weighted by molar-refractivity contribution is 0.0697. The zero-order valence-corrected chi connectivity index (χ0v) is 22.5. The number of carboxylic acids is 1. The highest BCUT2D eigenvalue weighted by Gasteiger charge is 2.41. The van der Waals surface area contributed by atoms with Crippen LogP contribution in [0.4, 0.5) is 13.2 Å².